The lowest BCUT2D eigenvalue weighted by molar-refractivity contribution is 1.05. The fourth-order valence-electron chi connectivity index (χ4n) is 1.53. The lowest BCUT2D eigenvalue weighted by Gasteiger charge is -2.01. The minimum atomic E-state index is 0. The van der Waals surface area contributed by atoms with Crippen LogP contribution in [0, 0.1) is 13.8 Å². The van der Waals surface area contributed by atoms with Crippen LogP contribution in [0.1, 0.15) is 11.3 Å². The Morgan fingerprint density at radius 2 is 1.73 bits per heavy atom. The summed E-state index contributed by atoms with van der Waals surface area (Å²) in [7, 11) is 0. The number of nitrogens with zero attached hydrogens (tertiary/aromatic N) is 1. The molecule has 0 spiro atoms. The Morgan fingerprint density at radius 3 is 2.20 bits per heavy atom. The van der Waals surface area contributed by atoms with E-state index in [1.165, 1.54) is 5.56 Å². The van der Waals surface area contributed by atoms with Crippen LogP contribution in [0.2, 0.25) is 0 Å². The first-order chi connectivity index (χ1) is 6.68. The van der Waals surface area contributed by atoms with E-state index in [4.69, 9.17) is 5.73 Å². The zero-order chi connectivity index (χ0) is 10.1. The number of nitrogens with two attached hydrogens (primary N) is 1. The number of hydrogen-bond donors (Lipinski definition) is 2. The average Bonchev–Trinajstić information content (AvgIpc) is 2.49. The number of benzene rings is 1. The first-order valence-corrected chi connectivity index (χ1v) is 4.56. The Hall–Kier alpha value is -1.48. The number of aromatic nitrogens is 2. The monoisotopic (exact) mass is 223 g/mol. The van der Waals surface area contributed by atoms with Gasteiger partial charge in [0.25, 0.3) is 0 Å². The number of rotatable bonds is 1. The molecule has 0 amide bonds. The van der Waals surface area contributed by atoms with Crippen LogP contribution in [0.3, 0.4) is 0 Å². The third-order valence-corrected chi connectivity index (χ3v) is 2.32. The number of aromatic amines is 1. The molecule has 80 valence electrons. The van der Waals surface area contributed by atoms with E-state index in [2.05, 4.69) is 41.4 Å². The molecule has 2 rings (SSSR count). The molecule has 0 saturated heterocycles. The van der Waals surface area contributed by atoms with Gasteiger partial charge < -0.3 is 5.73 Å². The van der Waals surface area contributed by atoms with Gasteiger partial charge in [-0.15, -0.1) is 12.4 Å². The predicted octanol–water partition coefficient (Wildman–Crippen LogP) is 2.70. The molecule has 0 unspecified atom stereocenters. The van der Waals surface area contributed by atoms with E-state index < -0.39 is 0 Å². The smallest absolute Gasteiger partial charge is 0.153 e. The van der Waals surface area contributed by atoms with Crippen molar-refractivity contribution < 1.29 is 0 Å². The number of nitrogens with one attached hydrogen (secondary N) is 1. The van der Waals surface area contributed by atoms with E-state index in [1.807, 2.05) is 6.92 Å². The summed E-state index contributed by atoms with van der Waals surface area (Å²) in [5.41, 5.74) is 10.1. The molecule has 0 saturated carbocycles. The van der Waals surface area contributed by atoms with Gasteiger partial charge in [-0.2, -0.15) is 5.10 Å². The van der Waals surface area contributed by atoms with Crippen LogP contribution in [0.25, 0.3) is 11.1 Å². The first-order valence-electron chi connectivity index (χ1n) is 4.56. The molecule has 0 bridgehead atoms. The predicted molar refractivity (Wildman–Crippen MR) is 65.2 cm³/mol. The quantitative estimate of drug-likeness (QED) is 0.781. The minimum Gasteiger partial charge on any atom is -0.382 e. The van der Waals surface area contributed by atoms with E-state index in [9.17, 15) is 0 Å². The van der Waals surface area contributed by atoms with Gasteiger partial charge in [-0.25, -0.2) is 0 Å². The molecule has 1 aromatic carbocycles. The van der Waals surface area contributed by atoms with Crippen molar-refractivity contribution in [3.05, 3.63) is 35.5 Å². The Morgan fingerprint density at radius 1 is 1.13 bits per heavy atom. The number of anilines is 1. The topological polar surface area (TPSA) is 54.7 Å². The second-order valence-corrected chi connectivity index (χ2v) is 3.47. The second-order valence-electron chi connectivity index (χ2n) is 3.47. The summed E-state index contributed by atoms with van der Waals surface area (Å²) in [5.74, 6) is 0.561. The Bertz CT molecular complexity index is 426. The van der Waals surface area contributed by atoms with Gasteiger partial charge in [0, 0.05) is 11.3 Å². The Labute approximate surface area is 95.1 Å². The van der Waals surface area contributed by atoms with Crippen LogP contribution in [0.4, 0.5) is 5.82 Å². The van der Waals surface area contributed by atoms with E-state index in [1.54, 1.807) is 0 Å². The molecule has 0 aliphatic carbocycles. The fraction of sp³-hybridized carbons (Fsp3) is 0.182. The third-order valence-electron chi connectivity index (χ3n) is 2.32. The molecule has 0 atom stereocenters. The van der Waals surface area contributed by atoms with Gasteiger partial charge in [0.05, 0.1) is 0 Å². The normalized spacial score (nSPS) is 9.73. The molecule has 3 nitrogen and oxygen atoms in total. The molecule has 15 heavy (non-hydrogen) atoms. The maximum absolute atomic E-state index is 5.77. The first kappa shape index (κ1) is 11.6. The number of H-pyrrole nitrogens is 1. The van der Waals surface area contributed by atoms with Gasteiger partial charge in [0.15, 0.2) is 5.82 Å². The van der Waals surface area contributed by atoms with Crippen LogP contribution in [-0.2, 0) is 0 Å². The van der Waals surface area contributed by atoms with Crippen LogP contribution >= 0.6 is 12.4 Å². The molecule has 1 heterocycles. The molecule has 0 radical (unpaired) electrons. The van der Waals surface area contributed by atoms with Gasteiger partial charge in [0.1, 0.15) is 0 Å². The average molecular weight is 224 g/mol. The highest BCUT2D eigenvalue weighted by molar-refractivity contribution is 5.85. The Balaban J connectivity index is 0.00000112. The van der Waals surface area contributed by atoms with Gasteiger partial charge in [-0.1, -0.05) is 29.8 Å². The summed E-state index contributed by atoms with van der Waals surface area (Å²) in [6.07, 6.45) is 0. The summed E-state index contributed by atoms with van der Waals surface area (Å²) in [6.45, 7) is 4.04. The molecular weight excluding hydrogens is 210 g/mol. The second kappa shape index (κ2) is 4.36. The van der Waals surface area contributed by atoms with Crippen LogP contribution < -0.4 is 5.73 Å². The van der Waals surface area contributed by atoms with Crippen LogP contribution in [-0.4, -0.2) is 10.2 Å². The van der Waals surface area contributed by atoms with E-state index in [0.717, 1.165) is 16.8 Å². The molecule has 1 aromatic heterocycles. The summed E-state index contributed by atoms with van der Waals surface area (Å²) >= 11 is 0. The van der Waals surface area contributed by atoms with E-state index in [-0.39, 0.29) is 12.4 Å². The molecule has 4 heteroatoms. The van der Waals surface area contributed by atoms with Crippen molar-refractivity contribution in [2.45, 2.75) is 13.8 Å². The van der Waals surface area contributed by atoms with Crippen molar-refractivity contribution in [2.24, 2.45) is 0 Å². The number of halogens is 1. The summed E-state index contributed by atoms with van der Waals surface area (Å²) in [5, 5.41) is 6.84. The number of nitrogen functional groups attached to an aromatic ring is 1. The highest BCUT2D eigenvalue weighted by atomic mass is 35.5. The standard InChI is InChI=1S/C11H13N3.ClH/c1-7-3-5-9(6-4-7)10-8(2)13-14-11(10)12;/h3-6H,1-2H3,(H3,12,13,14);1H. The zero-order valence-electron chi connectivity index (χ0n) is 8.74. The van der Waals surface area contributed by atoms with Crippen LogP contribution in [0.5, 0.6) is 0 Å². The largest absolute Gasteiger partial charge is 0.382 e. The number of aryl methyl sites for hydroxylation is 2. The van der Waals surface area contributed by atoms with Gasteiger partial charge in [-0.3, -0.25) is 5.10 Å². The zero-order valence-corrected chi connectivity index (χ0v) is 9.56. The maximum atomic E-state index is 5.77. The van der Waals surface area contributed by atoms with E-state index >= 15 is 0 Å². The summed E-state index contributed by atoms with van der Waals surface area (Å²) < 4.78 is 0. The van der Waals surface area contributed by atoms with Crippen molar-refractivity contribution >= 4 is 18.2 Å². The third kappa shape index (κ3) is 2.13. The molecule has 2 aromatic rings. The Kier molecular flexibility index (Phi) is 3.37. The highest BCUT2D eigenvalue weighted by Gasteiger charge is 2.08. The minimum absolute atomic E-state index is 0. The van der Waals surface area contributed by atoms with Gasteiger partial charge >= 0.3 is 0 Å². The van der Waals surface area contributed by atoms with Crippen molar-refractivity contribution in [3.8, 4) is 11.1 Å². The molecule has 0 fully saturated rings. The van der Waals surface area contributed by atoms with Crippen molar-refractivity contribution in [1.29, 1.82) is 0 Å². The SMILES string of the molecule is Cc1ccc(-c2c(N)n[nH]c2C)cc1.Cl. The molecule has 0 aliphatic heterocycles. The fourth-order valence-corrected chi connectivity index (χ4v) is 1.53. The molecular formula is C11H14ClN3. The molecule has 3 N–H and O–H groups in total. The van der Waals surface area contributed by atoms with Crippen LogP contribution in [0.15, 0.2) is 24.3 Å². The van der Waals surface area contributed by atoms with Gasteiger partial charge in [0.2, 0.25) is 0 Å². The number of hydrogen-bond acceptors (Lipinski definition) is 2. The maximum Gasteiger partial charge on any atom is 0.153 e. The van der Waals surface area contributed by atoms with Crippen molar-refractivity contribution in [3.63, 3.8) is 0 Å². The lowest BCUT2D eigenvalue weighted by Crippen LogP contribution is -1.88. The van der Waals surface area contributed by atoms with E-state index in [0.29, 0.717) is 5.82 Å². The lowest BCUT2D eigenvalue weighted by atomic mass is 10.0. The van der Waals surface area contributed by atoms with Gasteiger partial charge in [-0.05, 0) is 19.4 Å². The summed E-state index contributed by atoms with van der Waals surface area (Å²) in [6, 6.07) is 8.26. The van der Waals surface area contributed by atoms with Crippen molar-refractivity contribution in [2.75, 3.05) is 5.73 Å². The van der Waals surface area contributed by atoms with Crippen molar-refractivity contribution in [1.82, 2.24) is 10.2 Å². The highest BCUT2D eigenvalue weighted by Crippen LogP contribution is 2.27. The summed E-state index contributed by atoms with van der Waals surface area (Å²) in [4.78, 5) is 0. The molecule has 0 aliphatic rings.